The van der Waals surface area contributed by atoms with Gasteiger partial charge in [0.25, 0.3) is 5.69 Å². The van der Waals surface area contributed by atoms with Crippen molar-refractivity contribution in [3.05, 3.63) is 39.9 Å². The van der Waals surface area contributed by atoms with E-state index in [0.717, 1.165) is 20.3 Å². The van der Waals surface area contributed by atoms with E-state index < -0.39 is 22.8 Å². The van der Waals surface area contributed by atoms with Gasteiger partial charge in [-0.3, -0.25) is 19.7 Å². The lowest BCUT2D eigenvalue weighted by atomic mass is 9.99. The van der Waals surface area contributed by atoms with Crippen LogP contribution in [-0.4, -0.2) is 31.1 Å². The molecule has 0 aliphatic carbocycles. The summed E-state index contributed by atoms with van der Waals surface area (Å²) in [4.78, 5) is 33.0. The molecule has 0 aliphatic rings. The monoisotopic (exact) mass is 253 g/mol. The van der Waals surface area contributed by atoms with Crippen LogP contribution in [0.25, 0.3) is 0 Å². The summed E-state index contributed by atoms with van der Waals surface area (Å²) in [6, 6.07) is 5.20. The number of nitro groups is 1. The highest BCUT2D eigenvalue weighted by Gasteiger charge is 2.31. The minimum absolute atomic E-state index is 0.155. The van der Waals surface area contributed by atoms with Gasteiger partial charge >= 0.3 is 11.9 Å². The molecule has 0 radical (unpaired) electrons. The van der Waals surface area contributed by atoms with E-state index in [4.69, 9.17) is 0 Å². The number of hydrogen-bond donors (Lipinski definition) is 0. The zero-order chi connectivity index (χ0) is 13.7. The fourth-order valence-electron chi connectivity index (χ4n) is 1.42. The highest BCUT2D eigenvalue weighted by molar-refractivity contribution is 6.00. The first-order chi connectivity index (χ1) is 8.51. The van der Waals surface area contributed by atoms with Gasteiger partial charge in [0.15, 0.2) is 5.92 Å². The maximum Gasteiger partial charge on any atom is 0.324 e. The van der Waals surface area contributed by atoms with Crippen molar-refractivity contribution in [2.45, 2.75) is 5.92 Å². The number of nitro benzene ring substituents is 1. The molecular formula is C11H11NO6. The van der Waals surface area contributed by atoms with Gasteiger partial charge in [0.1, 0.15) is 0 Å². The molecule has 1 aromatic carbocycles. The van der Waals surface area contributed by atoms with Gasteiger partial charge in [-0.1, -0.05) is 12.1 Å². The summed E-state index contributed by atoms with van der Waals surface area (Å²) in [7, 11) is 2.24. The molecule has 1 rings (SSSR count). The highest BCUT2D eigenvalue weighted by Crippen LogP contribution is 2.23. The fourth-order valence-corrected chi connectivity index (χ4v) is 1.42. The van der Waals surface area contributed by atoms with Crippen LogP contribution in [0.4, 0.5) is 5.69 Å². The molecule has 0 N–H and O–H groups in total. The quantitative estimate of drug-likeness (QED) is 0.344. The molecule has 0 saturated carbocycles. The first kappa shape index (κ1) is 13.6. The Hall–Kier alpha value is -2.44. The van der Waals surface area contributed by atoms with Crippen molar-refractivity contribution >= 4 is 17.6 Å². The number of hydrogen-bond acceptors (Lipinski definition) is 6. The number of carbonyl (C=O) groups excluding carboxylic acids is 2. The fraction of sp³-hybridized carbons (Fsp3) is 0.273. The van der Waals surface area contributed by atoms with Crippen LogP contribution < -0.4 is 0 Å². The number of nitrogens with zero attached hydrogens (tertiary/aromatic N) is 1. The third-order valence-corrected chi connectivity index (χ3v) is 2.29. The number of esters is 2. The van der Waals surface area contributed by atoms with Crippen LogP contribution in [-0.2, 0) is 19.1 Å². The molecule has 0 atom stereocenters. The van der Waals surface area contributed by atoms with E-state index in [1.54, 1.807) is 0 Å². The standard InChI is InChI=1S/C11H11NO6/c1-17-10(13)9(11(14)18-2)7-4-3-5-8(6-7)12(15)16/h3-6,9H,1-2H3. The topological polar surface area (TPSA) is 95.7 Å². The predicted molar refractivity (Wildman–Crippen MR) is 59.9 cm³/mol. The summed E-state index contributed by atoms with van der Waals surface area (Å²) in [5, 5.41) is 10.6. The molecule has 0 fully saturated rings. The Morgan fingerprint density at radius 1 is 1.22 bits per heavy atom. The van der Waals surface area contributed by atoms with Crippen LogP contribution >= 0.6 is 0 Å². The third-order valence-electron chi connectivity index (χ3n) is 2.29. The van der Waals surface area contributed by atoms with Crippen molar-refractivity contribution in [2.24, 2.45) is 0 Å². The smallest absolute Gasteiger partial charge is 0.324 e. The SMILES string of the molecule is COC(=O)C(C(=O)OC)c1cccc([N+](=O)[O-])c1. The van der Waals surface area contributed by atoms with E-state index in [1.165, 1.54) is 18.2 Å². The maximum absolute atomic E-state index is 11.5. The molecule has 0 unspecified atom stereocenters. The van der Waals surface area contributed by atoms with Gasteiger partial charge < -0.3 is 9.47 Å². The summed E-state index contributed by atoms with van der Waals surface area (Å²) in [6.07, 6.45) is 0. The molecule has 0 bridgehead atoms. The summed E-state index contributed by atoms with van der Waals surface area (Å²) >= 11 is 0. The molecule has 1 aromatic rings. The zero-order valence-electron chi connectivity index (χ0n) is 9.78. The van der Waals surface area contributed by atoms with Gasteiger partial charge in [-0.05, 0) is 5.56 Å². The van der Waals surface area contributed by atoms with Crippen LogP contribution in [0.5, 0.6) is 0 Å². The lowest BCUT2D eigenvalue weighted by Crippen LogP contribution is -2.24. The molecule has 7 heteroatoms. The average Bonchev–Trinajstić information content (AvgIpc) is 2.38. The molecule has 0 amide bonds. The Morgan fingerprint density at radius 3 is 2.22 bits per heavy atom. The van der Waals surface area contributed by atoms with Crippen molar-refractivity contribution < 1.29 is 24.0 Å². The molecule has 0 saturated heterocycles. The Morgan fingerprint density at radius 2 is 1.78 bits per heavy atom. The van der Waals surface area contributed by atoms with Gasteiger partial charge in [-0.25, -0.2) is 0 Å². The second kappa shape index (κ2) is 5.76. The second-order valence-electron chi connectivity index (χ2n) is 3.33. The lowest BCUT2D eigenvalue weighted by molar-refractivity contribution is -0.384. The number of carbonyl (C=O) groups is 2. The van der Waals surface area contributed by atoms with Crippen molar-refractivity contribution in [3.63, 3.8) is 0 Å². The average molecular weight is 253 g/mol. The van der Waals surface area contributed by atoms with Gasteiger partial charge in [0.2, 0.25) is 0 Å². The van der Waals surface area contributed by atoms with Crippen molar-refractivity contribution in [1.82, 2.24) is 0 Å². The molecule has 0 heterocycles. The van der Waals surface area contributed by atoms with Gasteiger partial charge in [-0.2, -0.15) is 0 Å². The Kier molecular flexibility index (Phi) is 4.36. The van der Waals surface area contributed by atoms with E-state index in [9.17, 15) is 19.7 Å². The van der Waals surface area contributed by atoms with Crippen LogP contribution in [0.1, 0.15) is 11.5 Å². The molecule has 0 aromatic heterocycles. The van der Waals surface area contributed by atoms with Gasteiger partial charge in [0.05, 0.1) is 19.1 Å². The largest absolute Gasteiger partial charge is 0.468 e. The summed E-state index contributed by atoms with van der Waals surface area (Å²) in [6.45, 7) is 0. The van der Waals surface area contributed by atoms with Gasteiger partial charge in [-0.15, -0.1) is 0 Å². The van der Waals surface area contributed by atoms with E-state index in [2.05, 4.69) is 9.47 Å². The lowest BCUT2D eigenvalue weighted by Gasteiger charge is -2.12. The van der Waals surface area contributed by atoms with Crippen molar-refractivity contribution in [3.8, 4) is 0 Å². The van der Waals surface area contributed by atoms with Crippen molar-refractivity contribution in [2.75, 3.05) is 14.2 Å². The van der Waals surface area contributed by atoms with Gasteiger partial charge in [0, 0.05) is 12.1 Å². The van der Waals surface area contributed by atoms with E-state index in [-0.39, 0.29) is 11.3 Å². The van der Waals surface area contributed by atoms with E-state index in [1.807, 2.05) is 0 Å². The minimum atomic E-state index is -1.32. The molecule has 96 valence electrons. The first-order valence-electron chi connectivity index (χ1n) is 4.91. The number of methoxy groups -OCH3 is 2. The van der Waals surface area contributed by atoms with E-state index >= 15 is 0 Å². The van der Waals surface area contributed by atoms with Crippen LogP contribution in [0.15, 0.2) is 24.3 Å². The normalized spacial score (nSPS) is 9.94. The van der Waals surface area contributed by atoms with E-state index in [0.29, 0.717) is 0 Å². The molecular weight excluding hydrogens is 242 g/mol. The second-order valence-corrected chi connectivity index (χ2v) is 3.33. The maximum atomic E-state index is 11.5. The summed E-state index contributed by atoms with van der Waals surface area (Å²) in [5.74, 6) is -2.98. The molecule has 0 spiro atoms. The number of non-ortho nitro benzene ring substituents is 1. The first-order valence-corrected chi connectivity index (χ1v) is 4.91. The molecule has 0 aliphatic heterocycles. The number of benzene rings is 1. The Bertz CT molecular complexity index is 468. The third kappa shape index (κ3) is 2.82. The Labute approximate surface area is 102 Å². The Balaban J connectivity index is 3.20. The summed E-state index contributed by atoms with van der Waals surface area (Å²) < 4.78 is 8.96. The van der Waals surface area contributed by atoms with Crippen molar-refractivity contribution in [1.29, 1.82) is 0 Å². The molecule has 18 heavy (non-hydrogen) atoms. The predicted octanol–water partition coefficient (Wildman–Crippen LogP) is 1.02. The zero-order valence-corrected chi connectivity index (χ0v) is 9.78. The van der Waals surface area contributed by atoms with Crippen LogP contribution in [0, 0.1) is 10.1 Å². The van der Waals surface area contributed by atoms with Crippen LogP contribution in [0.2, 0.25) is 0 Å². The molecule has 7 nitrogen and oxygen atoms in total. The summed E-state index contributed by atoms with van der Waals surface area (Å²) in [5.41, 5.74) is -0.0618. The highest BCUT2D eigenvalue weighted by atomic mass is 16.6. The van der Waals surface area contributed by atoms with Crippen LogP contribution in [0.3, 0.4) is 0 Å². The minimum Gasteiger partial charge on any atom is -0.468 e. The number of ether oxygens (including phenoxy) is 2. The number of rotatable bonds is 4.